The molecule has 0 unspecified atom stereocenters. The predicted octanol–water partition coefficient (Wildman–Crippen LogP) is 3.13. The highest BCUT2D eigenvalue weighted by Gasteiger charge is 2.30. The van der Waals surface area contributed by atoms with Crippen LogP contribution in [0.15, 0.2) is 78.1 Å². The number of carbonyl (C=O) groups is 1. The molecular weight excluding hydrogens is 480 g/mol. The quantitative estimate of drug-likeness (QED) is 0.312. The number of tetrazole rings is 1. The maximum atomic E-state index is 12.9. The monoisotopic (exact) mass is 500 g/mol. The summed E-state index contributed by atoms with van der Waals surface area (Å²) in [6.45, 7) is 0. The molecule has 11 nitrogen and oxygen atoms in total. The molecule has 1 amide bonds. The molecule has 0 atom stereocenters. The second-order valence-electron chi connectivity index (χ2n) is 8.44. The van der Waals surface area contributed by atoms with Crippen LogP contribution in [0.2, 0.25) is 0 Å². The Morgan fingerprint density at radius 1 is 1.06 bits per heavy atom. The predicted molar refractivity (Wildman–Crippen MR) is 133 cm³/mol. The standard InChI is InChI=1S/C24H20N8O3S/c33-15-31(18-5-6-18)23-13-22(21-11-12-25-24(21)27-23)16-1-3-17(4-2-16)28-36(34,35)20-9-7-19(8-10-20)32-14-26-29-30-32/h1-4,7-15,18,28H,5-6H2,(H,25,27). The van der Waals surface area contributed by atoms with E-state index in [1.54, 1.807) is 35.4 Å². The first kappa shape index (κ1) is 21.9. The zero-order valence-corrected chi connectivity index (χ0v) is 19.6. The number of amides is 1. The lowest BCUT2D eigenvalue weighted by molar-refractivity contribution is -0.107. The largest absolute Gasteiger partial charge is 0.346 e. The van der Waals surface area contributed by atoms with Gasteiger partial charge in [-0.3, -0.25) is 14.4 Å². The van der Waals surface area contributed by atoms with Crippen LogP contribution in [-0.2, 0) is 14.8 Å². The van der Waals surface area contributed by atoms with Crippen LogP contribution in [0.5, 0.6) is 0 Å². The van der Waals surface area contributed by atoms with E-state index in [-0.39, 0.29) is 10.9 Å². The average Bonchev–Trinajstić information content (AvgIpc) is 3.36. The molecule has 1 aliphatic rings. The fourth-order valence-electron chi connectivity index (χ4n) is 4.06. The minimum Gasteiger partial charge on any atom is -0.346 e. The summed E-state index contributed by atoms with van der Waals surface area (Å²) in [5.74, 6) is 0.590. The first-order valence-corrected chi connectivity index (χ1v) is 12.7. The third-order valence-corrected chi connectivity index (χ3v) is 7.44. The highest BCUT2D eigenvalue weighted by atomic mass is 32.2. The van der Waals surface area contributed by atoms with Gasteiger partial charge in [-0.15, -0.1) is 5.10 Å². The lowest BCUT2D eigenvalue weighted by atomic mass is 10.0. The Hall–Kier alpha value is -4.58. The number of carbonyl (C=O) groups excluding carboxylic acids is 1. The third-order valence-electron chi connectivity index (χ3n) is 6.04. The molecule has 2 aromatic carbocycles. The third kappa shape index (κ3) is 4.07. The van der Waals surface area contributed by atoms with Gasteiger partial charge in [0.2, 0.25) is 6.41 Å². The van der Waals surface area contributed by atoms with Crippen molar-refractivity contribution in [2.75, 3.05) is 9.62 Å². The van der Waals surface area contributed by atoms with Gasteiger partial charge in [-0.2, -0.15) is 0 Å². The van der Waals surface area contributed by atoms with Crippen LogP contribution in [0.3, 0.4) is 0 Å². The number of sulfonamides is 1. The Bertz CT molecular complexity index is 1640. The Kier molecular flexibility index (Phi) is 5.22. The van der Waals surface area contributed by atoms with Crippen molar-refractivity contribution in [3.63, 3.8) is 0 Å². The summed E-state index contributed by atoms with van der Waals surface area (Å²) in [4.78, 5) is 21.2. The van der Waals surface area contributed by atoms with E-state index < -0.39 is 10.0 Å². The molecule has 0 aliphatic heterocycles. The second-order valence-corrected chi connectivity index (χ2v) is 10.1. The first-order valence-electron chi connectivity index (χ1n) is 11.2. The van der Waals surface area contributed by atoms with E-state index in [2.05, 4.69) is 30.2 Å². The number of aromatic amines is 1. The highest BCUT2D eigenvalue weighted by Crippen LogP contribution is 2.35. The Morgan fingerprint density at radius 2 is 1.83 bits per heavy atom. The van der Waals surface area contributed by atoms with Crippen molar-refractivity contribution in [1.29, 1.82) is 0 Å². The minimum absolute atomic E-state index is 0.116. The van der Waals surface area contributed by atoms with Crippen LogP contribution >= 0.6 is 0 Å². The number of nitrogens with zero attached hydrogens (tertiary/aromatic N) is 6. The van der Waals surface area contributed by atoms with Gasteiger partial charge in [0.25, 0.3) is 10.0 Å². The van der Waals surface area contributed by atoms with E-state index in [4.69, 9.17) is 0 Å². The lowest BCUT2D eigenvalue weighted by Gasteiger charge is -2.17. The van der Waals surface area contributed by atoms with Crippen LogP contribution < -0.4 is 9.62 Å². The number of aromatic nitrogens is 6. The van der Waals surface area contributed by atoms with E-state index in [9.17, 15) is 13.2 Å². The summed E-state index contributed by atoms with van der Waals surface area (Å²) in [5, 5.41) is 11.9. The van der Waals surface area contributed by atoms with Gasteiger partial charge in [0, 0.05) is 23.3 Å². The van der Waals surface area contributed by atoms with Gasteiger partial charge in [-0.05, 0) is 82.9 Å². The number of hydrogen-bond acceptors (Lipinski definition) is 7. The lowest BCUT2D eigenvalue weighted by Crippen LogP contribution is -2.24. The molecule has 180 valence electrons. The van der Waals surface area contributed by atoms with Gasteiger partial charge in [0.05, 0.1) is 10.6 Å². The van der Waals surface area contributed by atoms with Crippen molar-refractivity contribution in [2.24, 2.45) is 0 Å². The zero-order chi connectivity index (χ0) is 24.7. The molecule has 5 aromatic rings. The summed E-state index contributed by atoms with van der Waals surface area (Å²) < 4.78 is 29.9. The Labute approximate surface area is 205 Å². The van der Waals surface area contributed by atoms with Gasteiger partial charge >= 0.3 is 0 Å². The van der Waals surface area contributed by atoms with Crippen LogP contribution in [-0.4, -0.2) is 51.0 Å². The average molecular weight is 501 g/mol. The fourth-order valence-corrected chi connectivity index (χ4v) is 5.12. The zero-order valence-electron chi connectivity index (χ0n) is 18.8. The minimum atomic E-state index is -3.80. The van der Waals surface area contributed by atoms with Gasteiger partial charge in [0.15, 0.2) is 0 Å². The van der Waals surface area contributed by atoms with E-state index in [0.29, 0.717) is 22.8 Å². The number of fused-ring (bicyclic) bond motifs is 1. The fraction of sp³-hybridized carbons (Fsp3) is 0.125. The summed E-state index contributed by atoms with van der Waals surface area (Å²) in [7, 11) is -3.80. The van der Waals surface area contributed by atoms with Crippen molar-refractivity contribution in [3.05, 3.63) is 73.2 Å². The topological polar surface area (TPSA) is 139 Å². The molecule has 6 rings (SSSR count). The molecule has 0 radical (unpaired) electrons. The number of hydrogen-bond donors (Lipinski definition) is 2. The molecule has 1 saturated carbocycles. The summed E-state index contributed by atoms with van der Waals surface area (Å²) in [6, 6.07) is 17.4. The van der Waals surface area contributed by atoms with E-state index in [1.807, 2.05) is 24.3 Å². The van der Waals surface area contributed by atoms with Crippen molar-refractivity contribution in [1.82, 2.24) is 30.2 Å². The van der Waals surface area contributed by atoms with Crippen molar-refractivity contribution < 1.29 is 13.2 Å². The van der Waals surface area contributed by atoms with Crippen LogP contribution in [0.1, 0.15) is 12.8 Å². The second kappa shape index (κ2) is 8.57. The maximum absolute atomic E-state index is 12.9. The highest BCUT2D eigenvalue weighted by molar-refractivity contribution is 7.92. The number of nitrogens with one attached hydrogen (secondary N) is 2. The molecular formula is C24H20N8O3S. The summed E-state index contributed by atoms with van der Waals surface area (Å²) >= 11 is 0. The molecule has 0 saturated heterocycles. The Balaban J connectivity index is 1.26. The smallest absolute Gasteiger partial charge is 0.261 e. The van der Waals surface area contributed by atoms with Crippen molar-refractivity contribution >= 4 is 39.0 Å². The molecule has 2 N–H and O–H groups in total. The van der Waals surface area contributed by atoms with Crippen LogP contribution in [0.4, 0.5) is 11.5 Å². The van der Waals surface area contributed by atoms with Gasteiger partial charge < -0.3 is 4.98 Å². The number of benzene rings is 2. The molecule has 3 heterocycles. The SMILES string of the molecule is O=CN(c1cc(-c2ccc(NS(=O)(=O)c3ccc(-n4cnnn4)cc3)cc2)c2cc[nH]c2n1)C1CC1. The normalized spacial score (nSPS) is 13.6. The maximum Gasteiger partial charge on any atom is 0.261 e. The van der Waals surface area contributed by atoms with Gasteiger partial charge in [-0.25, -0.2) is 18.1 Å². The molecule has 1 aliphatic carbocycles. The van der Waals surface area contributed by atoms with E-state index in [0.717, 1.165) is 35.8 Å². The number of pyridine rings is 1. The molecule has 3 aromatic heterocycles. The molecule has 0 spiro atoms. The molecule has 0 bridgehead atoms. The van der Waals surface area contributed by atoms with Crippen molar-refractivity contribution in [3.8, 4) is 16.8 Å². The molecule has 12 heteroatoms. The Morgan fingerprint density at radius 3 is 2.50 bits per heavy atom. The van der Waals surface area contributed by atoms with Gasteiger partial charge in [-0.1, -0.05) is 12.1 Å². The van der Waals surface area contributed by atoms with Crippen LogP contribution in [0, 0.1) is 0 Å². The molecule has 36 heavy (non-hydrogen) atoms. The van der Waals surface area contributed by atoms with E-state index >= 15 is 0 Å². The number of anilines is 2. The summed E-state index contributed by atoms with van der Waals surface area (Å²) in [6.07, 6.45) is 5.99. The number of rotatable bonds is 8. The summed E-state index contributed by atoms with van der Waals surface area (Å²) in [5.41, 5.74) is 3.53. The van der Waals surface area contributed by atoms with Crippen molar-refractivity contribution in [2.45, 2.75) is 23.8 Å². The first-order chi connectivity index (χ1) is 17.5. The van der Waals surface area contributed by atoms with Crippen LogP contribution in [0.25, 0.3) is 27.8 Å². The molecule has 1 fully saturated rings. The number of H-pyrrole nitrogens is 1. The van der Waals surface area contributed by atoms with E-state index in [1.165, 1.54) is 23.1 Å². The van der Waals surface area contributed by atoms with Gasteiger partial charge in [0.1, 0.15) is 17.8 Å².